The Morgan fingerprint density at radius 1 is 1.07 bits per heavy atom. The van der Waals surface area contributed by atoms with E-state index in [9.17, 15) is 27.9 Å². The van der Waals surface area contributed by atoms with Gasteiger partial charge in [0.2, 0.25) is 5.91 Å². The number of anilines is 1. The van der Waals surface area contributed by atoms with Crippen LogP contribution in [0.3, 0.4) is 0 Å². The van der Waals surface area contributed by atoms with E-state index in [0.29, 0.717) is 11.1 Å². The minimum atomic E-state index is -3.48. The molecule has 1 aliphatic rings. The zero-order valence-electron chi connectivity index (χ0n) is 15.7. The summed E-state index contributed by atoms with van der Waals surface area (Å²) >= 11 is 0. The predicted octanol–water partition coefficient (Wildman–Crippen LogP) is 2.20. The van der Waals surface area contributed by atoms with Crippen molar-refractivity contribution in [2.75, 3.05) is 17.6 Å². The second-order valence-corrected chi connectivity index (χ2v) is 8.82. The van der Waals surface area contributed by atoms with Crippen LogP contribution in [0.15, 0.2) is 47.4 Å². The van der Waals surface area contributed by atoms with Gasteiger partial charge in [-0.2, -0.15) is 0 Å². The molecule has 0 aliphatic carbocycles. The highest BCUT2D eigenvalue weighted by molar-refractivity contribution is 7.91. The molecule has 2 aromatic rings. The maximum absolute atomic E-state index is 12.3. The van der Waals surface area contributed by atoms with E-state index in [2.05, 4.69) is 5.32 Å². The zero-order valence-corrected chi connectivity index (χ0v) is 16.5. The number of aromatic hydroxyl groups is 1. The lowest BCUT2D eigenvalue weighted by molar-refractivity contribution is -0.116. The van der Waals surface area contributed by atoms with E-state index >= 15 is 0 Å². The van der Waals surface area contributed by atoms with E-state index in [0.717, 1.165) is 4.90 Å². The van der Waals surface area contributed by atoms with Gasteiger partial charge in [0, 0.05) is 13.0 Å². The van der Waals surface area contributed by atoms with E-state index in [4.69, 9.17) is 0 Å². The van der Waals surface area contributed by atoms with Gasteiger partial charge in [-0.1, -0.05) is 19.1 Å². The third-order valence-corrected chi connectivity index (χ3v) is 6.38. The minimum Gasteiger partial charge on any atom is -0.506 e. The van der Waals surface area contributed by atoms with Gasteiger partial charge in [-0.15, -0.1) is 0 Å². The number of carbonyl (C=O) groups is 3. The number of carbonyl (C=O) groups excluding carboxylic acids is 3. The lowest BCUT2D eigenvalue weighted by Gasteiger charge is -2.14. The third-order valence-electron chi connectivity index (χ3n) is 4.65. The molecule has 1 heterocycles. The Hall–Kier alpha value is -3.20. The highest BCUT2D eigenvalue weighted by Crippen LogP contribution is 2.27. The molecule has 9 heteroatoms. The largest absolute Gasteiger partial charge is 0.506 e. The number of imide groups is 1. The summed E-state index contributed by atoms with van der Waals surface area (Å²) in [7, 11) is -3.48. The normalized spacial score (nSPS) is 13.5. The van der Waals surface area contributed by atoms with Crippen LogP contribution in [-0.2, 0) is 14.6 Å². The van der Waals surface area contributed by atoms with Crippen LogP contribution in [0.1, 0.15) is 40.5 Å². The predicted molar refractivity (Wildman–Crippen MR) is 106 cm³/mol. The van der Waals surface area contributed by atoms with Gasteiger partial charge >= 0.3 is 0 Å². The van der Waals surface area contributed by atoms with Crippen LogP contribution in [-0.4, -0.2) is 48.4 Å². The average molecular weight is 416 g/mol. The molecule has 3 amide bonds. The van der Waals surface area contributed by atoms with Crippen LogP contribution in [0.2, 0.25) is 0 Å². The number of amides is 3. The minimum absolute atomic E-state index is 0.000811. The zero-order chi connectivity index (χ0) is 21.2. The van der Waals surface area contributed by atoms with Crippen molar-refractivity contribution in [1.29, 1.82) is 0 Å². The summed E-state index contributed by atoms with van der Waals surface area (Å²) in [5, 5.41) is 12.4. The Morgan fingerprint density at radius 2 is 1.69 bits per heavy atom. The van der Waals surface area contributed by atoms with E-state index in [1.54, 1.807) is 24.3 Å². The number of hydrogen-bond donors (Lipinski definition) is 2. The molecule has 0 unspecified atom stereocenters. The van der Waals surface area contributed by atoms with E-state index in [-0.39, 0.29) is 53.3 Å². The number of hydrogen-bond acceptors (Lipinski definition) is 6. The van der Waals surface area contributed by atoms with Crippen molar-refractivity contribution >= 4 is 33.2 Å². The monoisotopic (exact) mass is 416 g/mol. The summed E-state index contributed by atoms with van der Waals surface area (Å²) < 4.78 is 23.9. The van der Waals surface area contributed by atoms with Crippen molar-refractivity contribution in [2.45, 2.75) is 24.7 Å². The Balaban J connectivity index is 1.60. The van der Waals surface area contributed by atoms with Crippen molar-refractivity contribution in [3.63, 3.8) is 0 Å². The molecule has 2 N–H and O–H groups in total. The average Bonchev–Trinajstić information content (AvgIpc) is 2.94. The van der Waals surface area contributed by atoms with Crippen molar-refractivity contribution < 1.29 is 27.9 Å². The number of nitrogens with zero attached hydrogens (tertiary/aromatic N) is 1. The number of benzene rings is 2. The molecule has 0 spiro atoms. The third kappa shape index (κ3) is 4.14. The van der Waals surface area contributed by atoms with Crippen LogP contribution in [0.5, 0.6) is 5.75 Å². The second-order valence-electron chi connectivity index (χ2n) is 6.54. The number of phenols is 1. The molecule has 0 saturated carbocycles. The molecule has 0 radical (unpaired) electrons. The van der Waals surface area contributed by atoms with E-state index < -0.39 is 15.7 Å². The van der Waals surface area contributed by atoms with Crippen LogP contribution >= 0.6 is 0 Å². The molecule has 2 aromatic carbocycles. The molecule has 0 saturated heterocycles. The lowest BCUT2D eigenvalue weighted by Crippen LogP contribution is -2.31. The molecular weight excluding hydrogens is 396 g/mol. The number of nitrogens with one attached hydrogen (secondary N) is 1. The molecule has 0 bridgehead atoms. The first-order chi connectivity index (χ1) is 13.7. The molecule has 152 valence electrons. The summed E-state index contributed by atoms with van der Waals surface area (Å²) in [6.07, 6.45) is 0.211. The fourth-order valence-electron chi connectivity index (χ4n) is 3.03. The number of phenolic OH excluding ortho intramolecular Hbond substituents is 1. The number of sulfone groups is 1. The summed E-state index contributed by atoms with van der Waals surface area (Å²) in [4.78, 5) is 37.9. The summed E-state index contributed by atoms with van der Waals surface area (Å²) in [6, 6.07) is 10.2. The van der Waals surface area contributed by atoms with Crippen molar-refractivity contribution in [2.24, 2.45) is 0 Å². The molecule has 29 heavy (non-hydrogen) atoms. The fraction of sp³-hybridized carbons (Fsp3) is 0.250. The first kappa shape index (κ1) is 20.5. The molecule has 1 aliphatic heterocycles. The quantitative estimate of drug-likeness (QED) is 0.527. The van der Waals surface area contributed by atoms with Gasteiger partial charge in [0.15, 0.2) is 9.84 Å². The van der Waals surface area contributed by atoms with E-state index in [1.165, 1.54) is 25.1 Å². The Bertz CT molecular complexity index is 1060. The van der Waals surface area contributed by atoms with E-state index in [1.807, 2.05) is 0 Å². The van der Waals surface area contributed by atoms with Crippen LogP contribution in [0.25, 0.3) is 0 Å². The Labute approximate surface area is 168 Å². The summed E-state index contributed by atoms with van der Waals surface area (Å²) in [5.74, 6) is -1.61. The van der Waals surface area contributed by atoms with Crippen molar-refractivity contribution in [3.05, 3.63) is 53.6 Å². The molecule has 0 aromatic heterocycles. The summed E-state index contributed by atoms with van der Waals surface area (Å²) in [6.45, 7) is 1.58. The molecule has 3 rings (SSSR count). The highest BCUT2D eigenvalue weighted by Gasteiger charge is 2.34. The molecule has 8 nitrogen and oxygen atoms in total. The maximum atomic E-state index is 12.3. The van der Waals surface area contributed by atoms with Gasteiger partial charge in [-0.25, -0.2) is 8.42 Å². The maximum Gasteiger partial charge on any atom is 0.261 e. The van der Waals surface area contributed by atoms with Crippen molar-refractivity contribution in [1.82, 2.24) is 4.90 Å². The van der Waals surface area contributed by atoms with Gasteiger partial charge in [0.1, 0.15) is 5.75 Å². The highest BCUT2D eigenvalue weighted by atomic mass is 32.2. The van der Waals surface area contributed by atoms with Gasteiger partial charge in [-0.3, -0.25) is 19.3 Å². The van der Waals surface area contributed by atoms with Gasteiger partial charge in [0.05, 0.1) is 27.5 Å². The number of fused-ring (bicyclic) bond motifs is 1. The smallest absolute Gasteiger partial charge is 0.261 e. The SMILES string of the molecule is CCS(=O)(=O)c1ccc(O)c(NC(=O)CCCN2C(=O)c3ccccc3C2=O)c1. The standard InChI is InChI=1S/C20H20N2O6S/c1-2-29(27,28)13-9-10-17(23)16(12-13)21-18(24)8-5-11-22-19(25)14-6-3-4-7-15(14)20(22)26/h3-4,6-7,9-10,12,23H,2,5,8,11H2,1H3,(H,21,24). The van der Waals surface area contributed by atoms with Crippen LogP contribution in [0.4, 0.5) is 5.69 Å². The first-order valence-corrected chi connectivity index (χ1v) is 10.7. The Kier molecular flexibility index (Phi) is 5.69. The fourth-order valence-corrected chi connectivity index (χ4v) is 3.93. The van der Waals surface area contributed by atoms with Gasteiger partial charge in [-0.05, 0) is 36.8 Å². The second kappa shape index (κ2) is 8.04. The summed E-state index contributed by atoms with van der Waals surface area (Å²) in [5.41, 5.74) is 0.687. The van der Waals surface area contributed by atoms with Gasteiger partial charge < -0.3 is 10.4 Å². The topological polar surface area (TPSA) is 121 Å². The van der Waals surface area contributed by atoms with Gasteiger partial charge in [0.25, 0.3) is 11.8 Å². The number of rotatable bonds is 7. The lowest BCUT2D eigenvalue weighted by atomic mass is 10.1. The molecular formula is C20H20N2O6S. The van der Waals surface area contributed by atoms with Crippen LogP contribution < -0.4 is 5.32 Å². The van der Waals surface area contributed by atoms with Crippen LogP contribution in [0, 0.1) is 0 Å². The molecule has 0 fully saturated rings. The van der Waals surface area contributed by atoms with Crippen molar-refractivity contribution in [3.8, 4) is 5.75 Å². The Morgan fingerprint density at radius 3 is 2.28 bits per heavy atom. The first-order valence-electron chi connectivity index (χ1n) is 9.05. The molecule has 0 atom stereocenters.